The Bertz CT molecular complexity index is 1220. The number of hydrogen-bond donors (Lipinski definition) is 2. The predicted molar refractivity (Wildman–Crippen MR) is 127 cm³/mol. The number of guanidine groups is 1. The van der Waals surface area contributed by atoms with E-state index in [4.69, 9.17) is 19.5 Å². The average Bonchev–Trinajstić information content (AvgIpc) is 3.27. The molecule has 0 saturated carbocycles. The van der Waals surface area contributed by atoms with Crippen molar-refractivity contribution in [3.63, 3.8) is 0 Å². The van der Waals surface area contributed by atoms with Crippen LogP contribution in [-0.4, -0.2) is 61.5 Å². The van der Waals surface area contributed by atoms with Gasteiger partial charge in [-0.1, -0.05) is 54.5 Å². The topological polar surface area (TPSA) is 131 Å². The number of nitrogens with two attached hydrogens (primary N) is 1. The van der Waals surface area contributed by atoms with E-state index in [1.54, 1.807) is 18.2 Å². The lowest BCUT2D eigenvalue weighted by Gasteiger charge is -2.27. The third-order valence-corrected chi connectivity index (χ3v) is 5.10. The van der Waals surface area contributed by atoms with Gasteiger partial charge in [-0.2, -0.15) is 13.4 Å². The van der Waals surface area contributed by atoms with Crippen LogP contribution in [0.4, 0.5) is 10.3 Å². The second-order valence-electron chi connectivity index (χ2n) is 7.72. The van der Waals surface area contributed by atoms with Crippen LogP contribution >= 0.6 is 0 Å². The summed E-state index contributed by atoms with van der Waals surface area (Å²) in [6.07, 6.45) is 0.715. The third-order valence-electron chi connectivity index (χ3n) is 5.10. The Morgan fingerprint density at radius 1 is 1.18 bits per heavy atom. The van der Waals surface area contributed by atoms with E-state index < -0.39 is 10.1 Å². The number of ether oxygens (including phenoxy) is 1. The van der Waals surface area contributed by atoms with Crippen molar-refractivity contribution in [3.8, 4) is 11.1 Å². The van der Waals surface area contributed by atoms with Crippen LogP contribution in [0.3, 0.4) is 0 Å². The molecule has 4 rings (SSSR count). The molecule has 11 heteroatoms. The van der Waals surface area contributed by atoms with E-state index in [9.17, 15) is 12.8 Å². The van der Waals surface area contributed by atoms with E-state index in [-0.39, 0.29) is 11.7 Å². The van der Waals surface area contributed by atoms with E-state index in [1.807, 2.05) is 48.2 Å². The summed E-state index contributed by atoms with van der Waals surface area (Å²) >= 11 is 0. The standard InChI is InChI=1S/C22H23FN4O2.CH4O3S/c1-15(17-7-8-18(19(23)13-17)16-5-3-2-4-6-16)20-14-21(29-26-20)25-22(24)27-9-11-28-12-10-27;1-5(2,3)4/h2-8,13-15H,9-12H2,1H3,(H2,24,25);1H3,(H,2,3,4). The molecule has 1 aliphatic heterocycles. The molecule has 0 bridgehead atoms. The van der Waals surface area contributed by atoms with Gasteiger partial charge in [-0.15, -0.1) is 0 Å². The monoisotopic (exact) mass is 490 g/mol. The van der Waals surface area contributed by atoms with Crippen molar-refractivity contribution >= 4 is 22.0 Å². The van der Waals surface area contributed by atoms with Crippen LogP contribution in [0.5, 0.6) is 0 Å². The molecule has 1 aliphatic rings. The minimum Gasteiger partial charge on any atom is -0.378 e. The maximum Gasteiger partial charge on any atom is 0.261 e. The predicted octanol–water partition coefficient (Wildman–Crippen LogP) is 3.41. The molecular formula is C23H27FN4O5S. The first-order chi connectivity index (χ1) is 16.1. The van der Waals surface area contributed by atoms with Crippen molar-refractivity contribution in [1.29, 1.82) is 0 Å². The van der Waals surface area contributed by atoms with Gasteiger partial charge in [0, 0.05) is 30.6 Å². The van der Waals surface area contributed by atoms with Gasteiger partial charge in [-0.3, -0.25) is 4.55 Å². The Morgan fingerprint density at radius 3 is 2.44 bits per heavy atom. The van der Waals surface area contributed by atoms with Gasteiger partial charge >= 0.3 is 0 Å². The zero-order chi connectivity index (χ0) is 24.7. The summed E-state index contributed by atoms with van der Waals surface area (Å²) in [4.78, 5) is 6.25. The summed E-state index contributed by atoms with van der Waals surface area (Å²) in [5, 5.41) is 4.10. The summed E-state index contributed by atoms with van der Waals surface area (Å²) in [7, 11) is -3.67. The van der Waals surface area contributed by atoms with Crippen molar-refractivity contribution in [3.05, 3.63) is 71.7 Å². The van der Waals surface area contributed by atoms with Gasteiger partial charge in [0.1, 0.15) is 5.82 Å². The summed E-state index contributed by atoms with van der Waals surface area (Å²) in [5.74, 6) is 0.296. The molecule has 34 heavy (non-hydrogen) atoms. The van der Waals surface area contributed by atoms with E-state index in [0.29, 0.717) is 55.7 Å². The zero-order valence-electron chi connectivity index (χ0n) is 18.9. The minimum absolute atomic E-state index is 0.147. The van der Waals surface area contributed by atoms with Gasteiger partial charge in [0.05, 0.1) is 25.2 Å². The van der Waals surface area contributed by atoms with Crippen LogP contribution in [0.15, 0.2) is 64.1 Å². The van der Waals surface area contributed by atoms with Crippen molar-refractivity contribution in [2.75, 3.05) is 32.6 Å². The SMILES string of the molecule is CC(c1ccc(-c2ccccc2)c(F)c1)c1cc(N=C(N)N2CCOCC2)on1.CS(=O)(=O)O. The molecular weight excluding hydrogens is 463 g/mol. The maximum absolute atomic E-state index is 14.7. The average molecular weight is 491 g/mol. The van der Waals surface area contributed by atoms with Gasteiger partial charge in [0.2, 0.25) is 0 Å². The van der Waals surface area contributed by atoms with E-state index >= 15 is 0 Å². The van der Waals surface area contributed by atoms with Gasteiger partial charge in [-0.25, -0.2) is 4.39 Å². The number of aliphatic imine (C=N–C) groups is 1. The molecule has 182 valence electrons. The molecule has 2 aromatic carbocycles. The van der Waals surface area contributed by atoms with Crippen LogP contribution in [-0.2, 0) is 14.9 Å². The highest BCUT2D eigenvalue weighted by Gasteiger charge is 2.18. The van der Waals surface area contributed by atoms with E-state index in [0.717, 1.165) is 11.1 Å². The Balaban J connectivity index is 0.000000588. The highest BCUT2D eigenvalue weighted by atomic mass is 32.2. The Labute approximate surface area is 197 Å². The second kappa shape index (κ2) is 11.2. The van der Waals surface area contributed by atoms with Crippen LogP contribution in [0.1, 0.15) is 24.1 Å². The molecule has 2 heterocycles. The lowest BCUT2D eigenvalue weighted by atomic mass is 9.95. The number of morpholine rings is 1. The van der Waals surface area contributed by atoms with Gasteiger partial charge in [0.15, 0.2) is 5.96 Å². The molecule has 1 aromatic heterocycles. The Hall–Kier alpha value is -3.28. The third kappa shape index (κ3) is 7.37. The van der Waals surface area contributed by atoms with Crippen LogP contribution in [0.2, 0.25) is 0 Å². The first-order valence-corrected chi connectivity index (χ1v) is 12.4. The molecule has 1 unspecified atom stereocenters. The molecule has 3 aromatic rings. The summed E-state index contributed by atoms with van der Waals surface area (Å²) in [6.45, 7) is 4.59. The van der Waals surface area contributed by atoms with Crippen molar-refractivity contribution in [2.45, 2.75) is 12.8 Å². The van der Waals surface area contributed by atoms with Crippen LogP contribution in [0.25, 0.3) is 11.1 Å². The molecule has 1 fully saturated rings. The lowest BCUT2D eigenvalue weighted by Crippen LogP contribution is -2.44. The molecule has 0 radical (unpaired) electrons. The molecule has 0 amide bonds. The number of benzene rings is 2. The van der Waals surface area contributed by atoms with Crippen molar-refractivity contribution in [2.24, 2.45) is 10.7 Å². The molecule has 1 atom stereocenters. The van der Waals surface area contributed by atoms with Crippen molar-refractivity contribution in [1.82, 2.24) is 10.1 Å². The molecule has 0 spiro atoms. The van der Waals surface area contributed by atoms with E-state index in [1.165, 1.54) is 0 Å². The highest BCUT2D eigenvalue weighted by molar-refractivity contribution is 7.85. The Kier molecular flexibility index (Phi) is 8.37. The number of hydrogen-bond acceptors (Lipinski definition) is 6. The fourth-order valence-corrected chi connectivity index (χ4v) is 3.33. The van der Waals surface area contributed by atoms with Gasteiger partial charge in [-0.05, 0) is 17.2 Å². The largest absolute Gasteiger partial charge is 0.378 e. The summed E-state index contributed by atoms with van der Waals surface area (Å²) in [6, 6.07) is 16.5. The number of halogens is 1. The van der Waals surface area contributed by atoms with Crippen LogP contribution in [0, 0.1) is 5.82 Å². The lowest BCUT2D eigenvalue weighted by molar-refractivity contribution is 0.0675. The molecule has 1 saturated heterocycles. The Morgan fingerprint density at radius 2 is 1.82 bits per heavy atom. The fraction of sp³-hybridized carbons (Fsp3) is 0.304. The maximum atomic E-state index is 14.7. The summed E-state index contributed by atoms with van der Waals surface area (Å²) in [5.41, 5.74) is 8.96. The van der Waals surface area contributed by atoms with E-state index in [2.05, 4.69) is 10.1 Å². The molecule has 9 nitrogen and oxygen atoms in total. The van der Waals surface area contributed by atoms with Crippen LogP contribution < -0.4 is 5.73 Å². The van der Waals surface area contributed by atoms with Crippen molar-refractivity contribution < 1.29 is 26.6 Å². The number of rotatable bonds is 4. The first kappa shape index (κ1) is 25.3. The first-order valence-electron chi connectivity index (χ1n) is 10.5. The smallest absolute Gasteiger partial charge is 0.261 e. The quantitative estimate of drug-likeness (QED) is 0.323. The molecule has 0 aliphatic carbocycles. The van der Waals surface area contributed by atoms with Gasteiger partial charge < -0.3 is 19.9 Å². The fourth-order valence-electron chi connectivity index (χ4n) is 3.33. The number of aromatic nitrogens is 1. The second-order valence-corrected chi connectivity index (χ2v) is 9.19. The van der Waals surface area contributed by atoms with Gasteiger partial charge in [0.25, 0.3) is 16.0 Å². The normalized spacial score (nSPS) is 15.4. The highest BCUT2D eigenvalue weighted by Crippen LogP contribution is 2.30. The summed E-state index contributed by atoms with van der Waals surface area (Å²) < 4.78 is 51.2. The minimum atomic E-state index is -3.67. The molecule has 3 N–H and O–H groups in total. The zero-order valence-corrected chi connectivity index (χ0v) is 19.7. The number of nitrogens with zero attached hydrogens (tertiary/aromatic N) is 3.